The maximum absolute atomic E-state index is 11.3. The third kappa shape index (κ3) is 3.94. The fourth-order valence-corrected chi connectivity index (χ4v) is 1.56. The number of ether oxygens (including phenoxy) is 2. The van der Waals surface area contributed by atoms with Crippen LogP contribution in [-0.2, 0) is 9.47 Å². The zero-order valence-corrected chi connectivity index (χ0v) is 10.5. The van der Waals surface area contributed by atoms with Crippen LogP contribution in [-0.4, -0.2) is 20.2 Å². The van der Waals surface area contributed by atoms with E-state index < -0.39 is 0 Å². The second-order valence-electron chi connectivity index (χ2n) is 3.86. The van der Waals surface area contributed by atoms with Gasteiger partial charge in [-0.2, -0.15) is 0 Å². The Kier molecular flexibility index (Phi) is 5.27. The number of rotatable bonds is 5. The molecule has 0 fully saturated rings. The van der Waals surface area contributed by atoms with E-state index in [1.54, 1.807) is 25.5 Å². The maximum atomic E-state index is 11.3. The molecule has 0 amide bonds. The summed E-state index contributed by atoms with van der Waals surface area (Å²) >= 11 is 0. The Labute approximate surface area is 102 Å². The van der Waals surface area contributed by atoms with Gasteiger partial charge in [-0.15, -0.1) is 0 Å². The highest BCUT2D eigenvalue weighted by Gasteiger charge is 2.07. The van der Waals surface area contributed by atoms with Crippen molar-refractivity contribution in [3.8, 4) is 0 Å². The number of methoxy groups -OCH3 is 2. The van der Waals surface area contributed by atoms with E-state index in [0.29, 0.717) is 11.5 Å². The molecule has 0 bridgehead atoms. The minimum atomic E-state index is -0.302. The van der Waals surface area contributed by atoms with Gasteiger partial charge in [0.1, 0.15) is 0 Å². The first kappa shape index (κ1) is 13.3. The van der Waals surface area contributed by atoms with Crippen molar-refractivity contribution >= 4 is 5.97 Å². The fourth-order valence-electron chi connectivity index (χ4n) is 1.56. The third-order valence-corrected chi connectivity index (χ3v) is 2.62. The summed E-state index contributed by atoms with van der Waals surface area (Å²) in [6.45, 7) is 2.13. The van der Waals surface area contributed by atoms with Crippen LogP contribution >= 0.6 is 0 Å². The summed E-state index contributed by atoms with van der Waals surface area (Å²) < 4.78 is 9.50. The van der Waals surface area contributed by atoms with E-state index in [4.69, 9.17) is 4.74 Å². The minimum Gasteiger partial charge on any atom is -0.505 e. The largest absolute Gasteiger partial charge is 0.505 e. The molecule has 0 heterocycles. The summed E-state index contributed by atoms with van der Waals surface area (Å²) in [5, 5.41) is 0. The molecule has 0 aliphatic carbocycles. The molecule has 0 aromatic heterocycles. The smallest absolute Gasteiger partial charge is 0.337 e. The van der Waals surface area contributed by atoms with E-state index in [1.165, 1.54) is 12.7 Å². The van der Waals surface area contributed by atoms with E-state index in [0.717, 1.165) is 6.42 Å². The van der Waals surface area contributed by atoms with Gasteiger partial charge in [0.15, 0.2) is 0 Å². The molecule has 1 rings (SSSR count). The number of hydrogen-bond donors (Lipinski definition) is 0. The SMILES string of the molecule is CO/C=C/C[C@H](C)c1ccc(C(=O)OC)cc1. The maximum Gasteiger partial charge on any atom is 0.337 e. The second-order valence-corrected chi connectivity index (χ2v) is 3.86. The van der Waals surface area contributed by atoms with Gasteiger partial charge in [-0.05, 0) is 36.1 Å². The monoisotopic (exact) mass is 234 g/mol. The number of allylic oxidation sites excluding steroid dienone is 1. The molecule has 92 valence electrons. The van der Waals surface area contributed by atoms with Crippen molar-refractivity contribution in [1.29, 1.82) is 0 Å². The van der Waals surface area contributed by atoms with Gasteiger partial charge < -0.3 is 9.47 Å². The molecule has 0 saturated carbocycles. The van der Waals surface area contributed by atoms with Crippen LogP contribution in [0.15, 0.2) is 36.6 Å². The minimum absolute atomic E-state index is 0.302. The quantitative estimate of drug-likeness (QED) is 0.580. The Hall–Kier alpha value is -1.77. The van der Waals surface area contributed by atoms with Crippen LogP contribution in [0.25, 0.3) is 0 Å². The van der Waals surface area contributed by atoms with Crippen molar-refractivity contribution in [3.63, 3.8) is 0 Å². The summed E-state index contributed by atoms with van der Waals surface area (Å²) in [5.41, 5.74) is 1.77. The van der Waals surface area contributed by atoms with Gasteiger partial charge in [0, 0.05) is 0 Å². The number of carbonyl (C=O) groups excluding carboxylic acids is 1. The molecule has 0 N–H and O–H groups in total. The zero-order valence-electron chi connectivity index (χ0n) is 10.5. The van der Waals surface area contributed by atoms with Gasteiger partial charge in [0.2, 0.25) is 0 Å². The molecule has 0 spiro atoms. The molecule has 3 heteroatoms. The molecule has 1 atom stereocenters. The first-order valence-corrected chi connectivity index (χ1v) is 5.55. The molecular formula is C14H18O3. The summed E-state index contributed by atoms with van der Waals surface area (Å²) in [6, 6.07) is 7.49. The molecule has 1 aromatic carbocycles. The predicted molar refractivity (Wildman–Crippen MR) is 67.0 cm³/mol. The fraction of sp³-hybridized carbons (Fsp3) is 0.357. The van der Waals surface area contributed by atoms with Gasteiger partial charge >= 0.3 is 5.97 Å². The first-order valence-electron chi connectivity index (χ1n) is 5.55. The van der Waals surface area contributed by atoms with Crippen LogP contribution < -0.4 is 0 Å². The number of carbonyl (C=O) groups is 1. The van der Waals surface area contributed by atoms with Crippen molar-refractivity contribution in [2.24, 2.45) is 0 Å². The van der Waals surface area contributed by atoms with E-state index in [-0.39, 0.29) is 5.97 Å². The molecule has 0 radical (unpaired) electrons. The Balaban J connectivity index is 2.66. The van der Waals surface area contributed by atoms with Crippen molar-refractivity contribution in [2.45, 2.75) is 19.3 Å². The molecule has 0 unspecified atom stereocenters. The number of esters is 1. The lowest BCUT2D eigenvalue weighted by molar-refractivity contribution is 0.0600. The summed E-state index contributed by atoms with van der Waals surface area (Å²) in [6.07, 6.45) is 4.57. The van der Waals surface area contributed by atoms with Crippen molar-refractivity contribution in [3.05, 3.63) is 47.7 Å². The average Bonchev–Trinajstić information content (AvgIpc) is 2.38. The van der Waals surface area contributed by atoms with Crippen LogP contribution in [0.3, 0.4) is 0 Å². The summed E-state index contributed by atoms with van der Waals surface area (Å²) in [7, 11) is 3.01. The Morgan fingerprint density at radius 2 is 1.94 bits per heavy atom. The Bertz CT molecular complexity index is 379. The van der Waals surface area contributed by atoms with E-state index in [1.807, 2.05) is 18.2 Å². The normalized spacial score (nSPS) is 12.4. The topological polar surface area (TPSA) is 35.5 Å². The van der Waals surface area contributed by atoms with Gasteiger partial charge in [-0.3, -0.25) is 0 Å². The summed E-state index contributed by atoms with van der Waals surface area (Å²) in [5.74, 6) is 0.0941. The van der Waals surface area contributed by atoms with Crippen LogP contribution in [0.1, 0.15) is 35.2 Å². The average molecular weight is 234 g/mol. The van der Waals surface area contributed by atoms with Crippen molar-refractivity contribution in [2.75, 3.05) is 14.2 Å². The Morgan fingerprint density at radius 1 is 1.29 bits per heavy atom. The van der Waals surface area contributed by atoms with Gasteiger partial charge in [0.05, 0.1) is 26.0 Å². The lowest BCUT2D eigenvalue weighted by atomic mass is 9.97. The number of benzene rings is 1. The van der Waals surface area contributed by atoms with Crippen LogP contribution in [0.4, 0.5) is 0 Å². The summed E-state index contributed by atoms with van der Waals surface area (Å²) in [4.78, 5) is 11.3. The molecular weight excluding hydrogens is 216 g/mol. The lowest BCUT2D eigenvalue weighted by Crippen LogP contribution is -2.01. The molecule has 0 saturated heterocycles. The molecule has 0 aliphatic rings. The van der Waals surface area contributed by atoms with Crippen LogP contribution in [0.5, 0.6) is 0 Å². The highest BCUT2D eigenvalue weighted by atomic mass is 16.5. The van der Waals surface area contributed by atoms with E-state index in [9.17, 15) is 4.79 Å². The highest BCUT2D eigenvalue weighted by molar-refractivity contribution is 5.89. The molecule has 3 nitrogen and oxygen atoms in total. The van der Waals surface area contributed by atoms with Gasteiger partial charge in [-0.1, -0.05) is 19.1 Å². The zero-order chi connectivity index (χ0) is 12.7. The van der Waals surface area contributed by atoms with Crippen LogP contribution in [0, 0.1) is 0 Å². The first-order chi connectivity index (χ1) is 8.19. The molecule has 17 heavy (non-hydrogen) atoms. The van der Waals surface area contributed by atoms with Gasteiger partial charge in [-0.25, -0.2) is 4.79 Å². The van der Waals surface area contributed by atoms with E-state index in [2.05, 4.69) is 11.7 Å². The predicted octanol–water partition coefficient (Wildman–Crippen LogP) is 3.13. The molecule has 0 aliphatic heterocycles. The van der Waals surface area contributed by atoms with Crippen molar-refractivity contribution < 1.29 is 14.3 Å². The van der Waals surface area contributed by atoms with Gasteiger partial charge in [0.25, 0.3) is 0 Å². The third-order valence-electron chi connectivity index (χ3n) is 2.62. The highest BCUT2D eigenvalue weighted by Crippen LogP contribution is 2.20. The Morgan fingerprint density at radius 3 is 2.47 bits per heavy atom. The second kappa shape index (κ2) is 6.74. The van der Waals surface area contributed by atoms with Crippen molar-refractivity contribution in [1.82, 2.24) is 0 Å². The molecule has 1 aromatic rings. The lowest BCUT2D eigenvalue weighted by Gasteiger charge is -2.09. The van der Waals surface area contributed by atoms with E-state index >= 15 is 0 Å². The standard InChI is InChI=1S/C14H18O3/c1-11(5-4-10-16-2)12-6-8-13(9-7-12)14(15)17-3/h4,6-11H,5H2,1-3H3/b10-4+/t11-/m0/s1. The number of hydrogen-bond acceptors (Lipinski definition) is 3. The van der Waals surface area contributed by atoms with Crippen LogP contribution in [0.2, 0.25) is 0 Å².